The average molecular weight is 246 g/mol. The Morgan fingerprint density at radius 3 is 2.56 bits per heavy atom. The standard InChI is InChI=1S/C15H15FO2/c16-14-5-1-4-13(9-14)11-18-15-6-2-3-12(10-15)7-8-17/h1-6,9-10,17H,7-8,11H2. The van der Waals surface area contributed by atoms with E-state index in [0.29, 0.717) is 13.0 Å². The van der Waals surface area contributed by atoms with Crippen molar-refractivity contribution in [1.29, 1.82) is 0 Å². The summed E-state index contributed by atoms with van der Waals surface area (Å²) in [6.45, 7) is 0.452. The largest absolute Gasteiger partial charge is 0.489 e. The second-order valence-electron chi connectivity index (χ2n) is 4.04. The maximum absolute atomic E-state index is 13.0. The van der Waals surface area contributed by atoms with Crippen LogP contribution in [-0.2, 0) is 13.0 Å². The Kier molecular flexibility index (Phi) is 4.31. The molecule has 1 N–H and O–H groups in total. The minimum absolute atomic E-state index is 0.118. The molecule has 2 aromatic carbocycles. The average Bonchev–Trinajstić information content (AvgIpc) is 2.37. The lowest BCUT2D eigenvalue weighted by molar-refractivity contribution is 0.296. The number of hydrogen-bond donors (Lipinski definition) is 1. The molecule has 0 saturated carbocycles. The normalized spacial score (nSPS) is 10.3. The van der Waals surface area contributed by atoms with Crippen molar-refractivity contribution in [2.45, 2.75) is 13.0 Å². The number of aliphatic hydroxyl groups excluding tert-OH is 1. The zero-order chi connectivity index (χ0) is 12.8. The first-order valence-electron chi connectivity index (χ1n) is 5.85. The Morgan fingerprint density at radius 2 is 1.78 bits per heavy atom. The van der Waals surface area contributed by atoms with Crippen molar-refractivity contribution in [2.24, 2.45) is 0 Å². The van der Waals surface area contributed by atoms with E-state index in [-0.39, 0.29) is 12.4 Å². The maximum Gasteiger partial charge on any atom is 0.123 e. The topological polar surface area (TPSA) is 29.5 Å². The molecule has 3 heteroatoms. The fraction of sp³-hybridized carbons (Fsp3) is 0.200. The predicted molar refractivity (Wildman–Crippen MR) is 68.0 cm³/mol. The maximum atomic E-state index is 13.0. The number of rotatable bonds is 5. The zero-order valence-electron chi connectivity index (χ0n) is 9.97. The van der Waals surface area contributed by atoms with Crippen molar-refractivity contribution in [3.05, 3.63) is 65.5 Å². The molecule has 0 spiro atoms. The van der Waals surface area contributed by atoms with Gasteiger partial charge in [0.1, 0.15) is 18.2 Å². The lowest BCUT2D eigenvalue weighted by atomic mass is 10.1. The highest BCUT2D eigenvalue weighted by atomic mass is 19.1. The molecule has 0 aliphatic heterocycles. The number of hydrogen-bond acceptors (Lipinski definition) is 2. The van der Waals surface area contributed by atoms with Crippen LogP contribution in [0.5, 0.6) is 5.75 Å². The Labute approximate surface area is 106 Å². The van der Waals surface area contributed by atoms with Gasteiger partial charge in [0.05, 0.1) is 0 Å². The minimum atomic E-state index is -0.259. The number of aliphatic hydroxyl groups is 1. The molecule has 2 nitrogen and oxygen atoms in total. The molecular formula is C15H15FO2. The first kappa shape index (κ1) is 12.6. The van der Waals surface area contributed by atoms with E-state index in [4.69, 9.17) is 9.84 Å². The van der Waals surface area contributed by atoms with Gasteiger partial charge in [0, 0.05) is 6.61 Å². The zero-order valence-corrected chi connectivity index (χ0v) is 9.97. The summed E-state index contributed by atoms with van der Waals surface area (Å²) in [6, 6.07) is 13.9. The van der Waals surface area contributed by atoms with Crippen LogP contribution in [-0.4, -0.2) is 11.7 Å². The van der Waals surface area contributed by atoms with Gasteiger partial charge in [0.25, 0.3) is 0 Å². The summed E-state index contributed by atoms with van der Waals surface area (Å²) < 4.78 is 18.6. The van der Waals surface area contributed by atoms with Crippen molar-refractivity contribution in [2.75, 3.05) is 6.61 Å². The quantitative estimate of drug-likeness (QED) is 0.879. The van der Waals surface area contributed by atoms with E-state index in [1.54, 1.807) is 6.07 Å². The smallest absolute Gasteiger partial charge is 0.123 e. The van der Waals surface area contributed by atoms with E-state index >= 15 is 0 Å². The third-order valence-corrected chi connectivity index (χ3v) is 2.59. The highest BCUT2D eigenvalue weighted by Crippen LogP contribution is 2.15. The van der Waals surface area contributed by atoms with Gasteiger partial charge in [-0.25, -0.2) is 4.39 Å². The van der Waals surface area contributed by atoms with Gasteiger partial charge in [0.2, 0.25) is 0 Å². The van der Waals surface area contributed by atoms with E-state index < -0.39 is 0 Å². The molecule has 0 aliphatic rings. The van der Waals surface area contributed by atoms with Crippen molar-refractivity contribution in [3.8, 4) is 5.75 Å². The summed E-state index contributed by atoms with van der Waals surface area (Å²) in [4.78, 5) is 0. The summed E-state index contributed by atoms with van der Waals surface area (Å²) in [5, 5.41) is 8.87. The third-order valence-electron chi connectivity index (χ3n) is 2.59. The molecule has 18 heavy (non-hydrogen) atoms. The molecule has 0 unspecified atom stereocenters. The monoisotopic (exact) mass is 246 g/mol. The highest BCUT2D eigenvalue weighted by molar-refractivity contribution is 5.29. The SMILES string of the molecule is OCCc1cccc(OCc2cccc(F)c2)c1. The van der Waals surface area contributed by atoms with Gasteiger partial charge in [-0.15, -0.1) is 0 Å². The van der Waals surface area contributed by atoms with Crippen molar-refractivity contribution < 1.29 is 14.2 Å². The molecule has 0 heterocycles. The molecule has 0 bridgehead atoms. The molecule has 94 valence electrons. The molecule has 0 fully saturated rings. The number of benzene rings is 2. The summed E-state index contributed by atoms with van der Waals surface area (Å²) >= 11 is 0. The fourth-order valence-corrected chi connectivity index (χ4v) is 1.71. The first-order valence-corrected chi connectivity index (χ1v) is 5.85. The molecular weight excluding hydrogens is 231 g/mol. The Hall–Kier alpha value is -1.87. The molecule has 2 aromatic rings. The van der Waals surface area contributed by atoms with Crippen LogP contribution in [0.3, 0.4) is 0 Å². The van der Waals surface area contributed by atoms with Crippen LogP contribution < -0.4 is 4.74 Å². The number of ether oxygens (including phenoxy) is 1. The Balaban J connectivity index is 1.99. The van der Waals surface area contributed by atoms with E-state index in [2.05, 4.69) is 0 Å². The second-order valence-corrected chi connectivity index (χ2v) is 4.04. The van der Waals surface area contributed by atoms with Crippen LogP contribution in [0.1, 0.15) is 11.1 Å². The summed E-state index contributed by atoms with van der Waals surface area (Å²) in [6.07, 6.45) is 0.608. The fourth-order valence-electron chi connectivity index (χ4n) is 1.71. The Bertz CT molecular complexity index is 511. The van der Waals surface area contributed by atoms with Crippen molar-refractivity contribution in [1.82, 2.24) is 0 Å². The van der Waals surface area contributed by atoms with E-state index in [9.17, 15) is 4.39 Å². The number of halogens is 1. The molecule has 0 saturated heterocycles. The summed E-state index contributed by atoms with van der Waals surface area (Å²) in [5.41, 5.74) is 1.82. The van der Waals surface area contributed by atoms with Crippen LogP contribution in [0, 0.1) is 5.82 Å². The molecule has 0 amide bonds. The molecule has 0 radical (unpaired) electrons. The molecule has 0 aliphatic carbocycles. The lowest BCUT2D eigenvalue weighted by Gasteiger charge is -2.07. The van der Waals surface area contributed by atoms with Crippen LogP contribution in [0.4, 0.5) is 4.39 Å². The van der Waals surface area contributed by atoms with Crippen molar-refractivity contribution >= 4 is 0 Å². The molecule has 0 atom stereocenters. The van der Waals surface area contributed by atoms with Gasteiger partial charge in [-0.2, -0.15) is 0 Å². The third kappa shape index (κ3) is 3.57. The summed E-state index contributed by atoms with van der Waals surface area (Å²) in [7, 11) is 0. The Morgan fingerprint density at radius 1 is 1.00 bits per heavy atom. The van der Waals surface area contributed by atoms with Gasteiger partial charge in [-0.1, -0.05) is 24.3 Å². The van der Waals surface area contributed by atoms with Gasteiger partial charge in [0.15, 0.2) is 0 Å². The molecule has 0 aromatic heterocycles. The van der Waals surface area contributed by atoms with E-state index in [0.717, 1.165) is 16.9 Å². The van der Waals surface area contributed by atoms with Gasteiger partial charge >= 0.3 is 0 Å². The van der Waals surface area contributed by atoms with Crippen LogP contribution in [0.25, 0.3) is 0 Å². The highest BCUT2D eigenvalue weighted by Gasteiger charge is 1.99. The lowest BCUT2D eigenvalue weighted by Crippen LogP contribution is -1.97. The van der Waals surface area contributed by atoms with Gasteiger partial charge in [-0.05, 0) is 41.8 Å². The first-order chi connectivity index (χ1) is 8.78. The van der Waals surface area contributed by atoms with Crippen molar-refractivity contribution in [3.63, 3.8) is 0 Å². The van der Waals surface area contributed by atoms with E-state index in [1.165, 1.54) is 12.1 Å². The van der Waals surface area contributed by atoms with Crippen LogP contribution >= 0.6 is 0 Å². The molecule has 2 rings (SSSR count). The predicted octanol–water partition coefficient (Wildman–Crippen LogP) is 2.94. The second kappa shape index (κ2) is 6.17. The van der Waals surface area contributed by atoms with Gasteiger partial charge < -0.3 is 9.84 Å². The minimum Gasteiger partial charge on any atom is -0.489 e. The summed E-state index contributed by atoms with van der Waals surface area (Å²) in [5.74, 6) is 0.468. The van der Waals surface area contributed by atoms with E-state index in [1.807, 2.05) is 30.3 Å². The van der Waals surface area contributed by atoms with Crippen LogP contribution in [0.15, 0.2) is 48.5 Å². The van der Waals surface area contributed by atoms with Gasteiger partial charge in [-0.3, -0.25) is 0 Å². The van der Waals surface area contributed by atoms with Crippen LogP contribution in [0.2, 0.25) is 0 Å².